The molecule has 358 valence electrons. The van der Waals surface area contributed by atoms with Crippen molar-refractivity contribution in [1.82, 2.24) is 0 Å². The summed E-state index contributed by atoms with van der Waals surface area (Å²) < 4.78 is 0. The van der Waals surface area contributed by atoms with E-state index in [0.717, 1.165) is 0 Å². The molecule has 0 saturated carbocycles. The lowest BCUT2D eigenvalue weighted by Gasteiger charge is -2.26. The Morgan fingerprint density at radius 3 is 1.03 bits per heavy atom. The number of benzene rings is 3. The first-order valence-electron chi connectivity index (χ1n) is 24.6. The van der Waals surface area contributed by atoms with Crippen molar-refractivity contribution in [3.63, 3.8) is 0 Å². The molecule has 0 heteroatoms. The molecule has 0 fully saturated rings. The molecule has 3 aromatic carbocycles. The second kappa shape index (κ2) is 21.9. The third-order valence-electron chi connectivity index (χ3n) is 14.3. The van der Waals surface area contributed by atoms with Crippen molar-refractivity contribution in [1.29, 1.82) is 0 Å². The van der Waals surface area contributed by atoms with Crippen LogP contribution in [0.2, 0.25) is 0 Å². The fourth-order valence-electron chi connectivity index (χ4n) is 9.90. The summed E-state index contributed by atoms with van der Waals surface area (Å²) in [7, 11) is 0. The molecular formula is C64H102. The first kappa shape index (κ1) is 58.6. The number of allylic oxidation sites excluding steroid dienone is 8. The van der Waals surface area contributed by atoms with E-state index >= 15 is 0 Å². The van der Waals surface area contributed by atoms with Gasteiger partial charge >= 0.3 is 0 Å². The van der Waals surface area contributed by atoms with Gasteiger partial charge in [-0.2, -0.15) is 0 Å². The van der Waals surface area contributed by atoms with Gasteiger partial charge in [-0.15, -0.1) is 0 Å². The average molecular weight is 872 g/mol. The van der Waals surface area contributed by atoms with E-state index in [1.165, 1.54) is 119 Å². The van der Waals surface area contributed by atoms with E-state index in [1.54, 1.807) is 11.1 Å². The number of hydrogen-bond donors (Lipinski definition) is 0. The summed E-state index contributed by atoms with van der Waals surface area (Å²) in [6, 6.07) is 6.94. The van der Waals surface area contributed by atoms with Crippen LogP contribution in [0.5, 0.6) is 0 Å². The summed E-state index contributed by atoms with van der Waals surface area (Å²) in [5, 5.41) is 0. The van der Waals surface area contributed by atoms with Crippen molar-refractivity contribution >= 4 is 0 Å². The monoisotopic (exact) mass is 871 g/mol. The summed E-state index contributed by atoms with van der Waals surface area (Å²) in [6.07, 6.45) is 7.03. The first-order valence-corrected chi connectivity index (χ1v) is 24.6. The van der Waals surface area contributed by atoms with Gasteiger partial charge in [-0.05, 0) is 234 Å². The molecule has 0 atom stereocenters. The van der Waals surface area contributed by atoms with Crippen LogP contribution in [0.25, 0.3) is 0 Å². The Kier molecular flexibility index (Phi) is 20.1. The van der Waals surface area contributed by atoms with Crippen LogP contribution in [0, 0.1) is 93.9 Å². The molecule has 0 aliphatic heterocycles. The van der Waals surface area contributed by atoms with Crippen LogP contribution in [0.3, 0.4) is 0 Å². The van der Waals surface area contributed by atoms with Crippen molar-refractivity contribution in [2.24, 2.45) is 10.8 Å². The smallest absolute Gasteiger partial charge is 0.00970 e. The van der Waals surface area contributed by atoms with E-state index in [2.05, 4.69) is 245 Å². The van der Waals surface area contributed by atoms with Crippen molar-refractivity contribution in [2.45, 2.75) is 244 Å². The standard InChI is InChI=1S/3C14H22.2C11H18/c1-9-8-13(14(5,6)7)12(4)11(3)10(9)2;1-9-8-10(2)13(14(5,6)7)12(4)11(9)3;1-9-8-10(2)12(4)13(11(9)3)14(5,6)7;1-8-6-10(7-9(8)2)11(3,4)5;1-8-6-9(2)10(7-8)11(3,4)5/h3*8H,1-7H3;2*6H,7H2,1-5H3. The van der Waals surface area contributed by atoms with E-state index in [0.29, 0.717) is 10.8 Å². The number of hydrogen-bond acceptors (Lipinski definition) is 0. The molecule has 0 nitrogen and oxygen atoms in total. The second-order valence-electron chi connectivity index (χ2n) is 25.3. The fourth-order valence-corrected chi connectivity index (χ4v) is 9.90. The highest BCUT2D eigenvalue weighted by atomic mass is 14.3. The Balaban J connectivity index is 0.000000402. The molecule has 5 rings (SSSR count). The van der Waals surface area contributed by atoms with Crippen LogP contribution in [0.15, 0.2) is 63.8 Å². The van der Waals surface area contributed by atoms with Crippen LogP contribution in [-0.2, 0) is 16.2 Å². The minimum absolute atomic E-state index is 0.255. The quantitative estimate of drug-likeness (QED) is 0.211. The van der Waals surface area contributed by atoms with Gasteiger partial charge in [0.25, 0.3) is 0 Å². The first-order chi connectivity index (χ1) is 28.6. The SMILES string of the molecule is CC1=C(C)CC(C(C)(C)C)=C1.CC1=CC(C)=C(C(C)(C)C)C1.Cc1cc(C(C)(C)C)c(C)c(C)c1C.Cc1cc(C)c(C(C)(C)C)c(C)c1C.Cc1cc(C)c(C)c(C(C)(C)C)c1C. The summed E-state index contributed by atoms with van der Waals surface area (Å²) in [5.74, 6) is 0. The maximum absolute atomic E-state index is 2.34. The van der Waals surface area contributed by atoms with E-state index in [-0.39, 0.29) is 16.2 Å². The topological polar surface area (TPSA) is 0 Å². The van der Waals surface area contributed by atoms with Gasteiger partial charge in [0.15, 0.2) is 0 Å². The van der Waals surface area contributed by atoms with Gasteiger partial charge in [0, 0.05) is 0 Å². The lowest BCUT2D eigenvalue weighted by Crippen LogP contribution is -2.16. The van der Waals surface area contributed by atoms with Gasteiger partial charge in [0.1, 0.15) is 0 Å². The lowest BCUT2D eigenvalue weighted by atomic mass is 9.78. The van der Waals surface area contributed by atoms with Crippen LogP contribution >= 0.6 is 0 Å². The van der Waals surface area contributed by atoms with Gasteiger partial charge in [-0.25, -0.2) is 0 Å². The van der Waals surface area contributed by atoms with Crippen molar-refractivity contribution < 1.29 is 0 Å². The summed E-state index contributed by atoms with van der Waals surface area (Å²) in [4.78, 5) is 0. The van der Waals surface area contributed by atoms with Crippen LogP contribution < -0.4 is 0 Å². The summed E-state index contributed by atoms with van der Waals surface area (Å²) >= 11 is 0. The Bertz CT molecular complexity index is 2220. The highest BCUT2D eigenvalue weighted by Gasteiger charge is 2.24. The lowest BCUT2D eigenvalue weighted by molar-refractivity contribution is 0.491. The molecule has 0 radical (unpaired) electrons. The van der Waals surface area contributed by atoms with E-state index in [9.17, 15) is 0 Å². The minimum Gasteiger partial charge on any atom is -0.0690 e. The Labute approximate surface area is 400 Å². The largest absolute Gasteiger partial charge is 0.0690 e. The summed E-state index contributed by atoms with van der Waals surface area (Å²) in [6.45, 7) is 69.8. The molecule has 0 aromatic heterocycles. The average Bonchev–Trinajstić information content (AvgIpc) is 3.65. The molecule has 0 amide bonds. The van der Waals surface area contributed by atoms with Crippen molar-refractivity contribution in [3.05, 3.63) is 147 Å². The normalized spacial score (nSPS) is 14.4. The predicted molar refractivity (Wildman–Crippen MR) is 293 cm³/mol. The van der Waals surface area contributed by atoms with Gasteiger partial charge in [0.2, 0.25) is 0 Å². The number of aryl methyl sites for hydroxylation is 5. The van der Waals surface area contributed by atoms with Gasteiger partial charge in [0.05, 0.1) is 0 Å². The molecule has 64 heavy (non-hydrogen) atoms. The fraction of sp³-hybridized carbons (Fsp3) is 0.594. The van der Waals surface area contributed by atoms with Crippen LogP contribution in [0.1, 0.15) is 228 Å². The molecule has 0 spiro atoms. The molecule has 0 saturated heterocycles. The minimum atomic E-state index is 0.255. The van der Waals surface area contributed by atoms with Gasteiger partial charge in [-0.1, -0.05) is 168 Å². The molecule has 2 aliphatic carbocycles. The van der Waals surface area contributed by atoms with Gasteiger partial charge < -0.3 is 0 Å². The molecule has 2 aliphatic rings. The molecule has 0 heterocycles. The Morgan fingerprint density at radius 2 is 0.719 bits per heavy atom. The van der Waals surface area contributed by atoms with Gasteiger partial charge in [-0.3, -0.25) is 0 Å². The van der Waals surface area contributed by atoms with Crippen LogP contribution in [-0.4, -0.2) is 0 Å². The zero-order chi connectivity index (χ0) is 50.6. The maximum atomic E-state index is 2.34. The van der Waals surface area contributed by atoms with Crippen LogP contribution in [0.4, 0.5) is 0 Å². The Hall–Kier alpha value is -3.38. The van der Waals surface area contributed by atoms with Crippen molar-refractivity contribution in [3.8, 4) is 0 Å². The number of rotatable bonds is 0. The third-order valence-corrected chi connectivity index (χ3v) is 14.3. The Morgan fingerprint density at radius 1 is 0.312 bits per heavy atom. The highest BCUT2D eigenvalue weighted by Crippen LogP contribution is 2.39. The molecule has 0 unspecified atom stereocenters. The van der Waals surface area contributed by atoms with E-state index < -0.39 is 0 Å². The van der Waals surface area contributed by atoms with Crippen molar-refractivity contribution in [2.75, 3.05) is 0 Å². The third kappa shape index (κ3) is 15.9. The van der Waals surface area contributed by atoms with E-state index in [1.807, 2.05) is 0 Å². The second-order valence-corrected chi connectivity index (χ2v) is 25.3. The zero-order valence-corrected chi connectivity index (χ0v) is 48.3. The summed E-state index contributed by atoms with van der Waals surface area (Å²) in [5.41, 5.74) is 32.5. The molecule has 0 bridgehead atoms. The maximum Gasteiger partial charge on any atom is -0.00970 e. The van der Waals surface area contributed by atoms with E-state index in [4.69, 9.17) is 0 Å². The predicted octanol–water partition coefficient (Wildman–Crippen LogP) is 20.1. The molecule has 0 N–H and O–H groups in total. The molecular weight excluding hydrogens is 769 g/mol. The zero-order valence-electron chi connectivity index (χ0n) is 48.3. The molecule has 3 aromatic rings. The highest BCUT2D eigenvalue weighted by molar-refractivity contribution is 5.49.